The molecule has 2 aliphatic carbocycles. The highest BCUT2D eigenvalue weighted by Gasteiger charge is 2.60. The van der Waals surface area contributed by atoms with Crippen molar-refractivity contribution >= 4 is 15.7 Å². The number of methoxy groups -OCH3 is 3. The van der Waals surface area contributed by atoms with Gasteiger partial charge in [-0.2, -0.15) is 0 Å². The Morgan fingerprint density at radius 2 is 1.16 bits per heavy atom. The molecule has 2 aliphatic rings. The molecule has 5 rings (SSSR count). The first kappa shape index (κ1) is 57.2. The van der Waals surface area contributed by atoms with Gasteiger partial charge < -0.3 is 38.9 Å². The fourth-order valence-corrected chi connectivity index (χ4v) is 10.4. The van der Waals surface area contributed by atoms with Gasteiger partial charge in [0, 0.05) is 38.7 Å². The summed E-state index contributed by atoms with van der Waals surface area (Å²) in [6, 6.07) is 21.3. The molecule has 384 valence electrons. The van der Waals surface area contributed by atoms with Gasteiger partial charge in [0.05, 0.1) is 60.0 Å². The standard InChI is InChI=1S/C59H95B2NO7/c1-19-56(14,65-18)39-68-52(6,7)28-30-66-49-34-43(57(15,60)20-2)33-46-50(49)44-27-24-41(40-22-25-42(26-23-40)59(61,21-3)37-62)32-45(44)58(46)35-47(54(10,11)67-31-29-51(4,5)63-16)48(36-58)55(12,13)69-38-53(8,9)64-17/h22-27,32-34,47-48H,19-21,28-31,35-39,60-62H2,1-18H3. The molecule has 0 bridgehead atoms. The topological polar surface area (TPSA) is 90.6 Å². The Bertz CT molecular complexity index is 2170. The Morgan fingerprint density at radius 3 is 1.70 bits per heavy atom. The maximum absolute atomic E-state index is 7.17. The average molecular weight is 952 g/mol. The highest BCUT2D eigenvalue weighted by atomic mass is 16.6. The predicted molar refractivity (Wildman–Crippen MR) is 293 cm³/mol. The average Bonchev–Trinajstić information content (AvgIpc) is 3.87. The molecule has 0 saturated heterocycles. The van der Waals surface area contributed by atoms with Crippen LogP contribution in [0.15, 0.2) is 54.6 Å². The van der Waals surface area contributed by atoms with Crippen LogP contribution >= 0.6 is 0 Å². The van der Waals surface area contributed by atoms with Crippen molar-refractivity contribution in [3.8, 4) is 28.0 Å². The molecule has 0 aromatic heterocycles. The van der Waals surface area contributed by atoms with Crippen LogP contribution in [0.5, 0.6) is 5.75 Å². The molecule has 1 spiro atoms. The van der Waals surface area contributed by atoms with Crippen molar-refractivity contribution in [3.05, 3.63) is 76.9 Å². The van der Waals surface area contributed by atoms with Gasteiger partial charge in [0.25, 0.3) is 0 Å². The summed E-state index contributed by atoms with van der Waals surface area (Å²) in [5.41, 5.74) is 13.6. The van der Waals surface area contributed by atoms with E-state index in [9.17, 15) is 0 Å². The molecule has 3 aromatic carbocycles. The smallest absolute Gasteiger partial charge is 0.127 e. The van der Waals surface area contributed by atoms with E-state index < -0.39 is 22.4 Å². The number of hydrogen-bond donors (Lipinski definition) is 1. The maximum atomic E-state index is 7.17. The second-order valence-corrected chi connectivity index (χ2v) is 25.0. The number of ether oxygens (including phenoxy) is 7. The first-order chi connectivity index (χ1) is 32.0. The molecular formula is C59H95B2NO7. The van der Waals surface area contributed by atoms with Gasteiger partial charge in [0.15, 0.2) is 0 Å². The van der Waals surface area contributed by atoms with Crippen molar-refractivity contribution in [2.24, 2.45) is 17.6 Å². The summed E-state index contributed by atoms with van der Waals surface area (Å²) in [4.78, 5) is 0. The van der Waals surface area contributed by atoms with Crippen LogP contribution in [0.1, 0.15) is 171 Å². The lowest BCUT2D eigenvalue weighted by Crippen LogP contribution is -2.47. The van der Waals surface area contributed by atoms with E-state index >= 15 is 0 Å². The minimum Gasteiger partial charge on any atom is -0.493 e. The minimum atomic E-state index is -0.524. The molecule has 0 heterocycles. The van der Waals surface area contributed by atoms with Crippen LogP contribution in [0.3, 0.4) is 0 Å². The molecule has 0 radical (unpaired) electrons. The van der Waals surface area contributed by atoms with Crippen molar-refractivity contribution in [1.29, 1.82) is 0 Å². The van der Waals surface area contributed by atoms with Crippen LogP contribution < -0.4 is 10.5 Å². The Labute approximate surface area is 422 Å². The van der Waals surface area contributed by atoms with Crippen LogP contribution in [0.2, 0.25) is 0 Å². The van der Waals surface area contributed by atoms with Gasteiger partial charge in [-0.3, -0.25) is 0 Å². The molecular weight excluding hydrogens is 856 g/mol. The van der Waals surface area contributed by atoms with Gasteiger partial charge in [0.1, 0.15) is 21.4 Å². The third kappa shape index (κ3) is 12.6. The number of rotatable bonds is 26. The Hall–Kier alpha value is -2.69. The van der Waals surface area contributed by atoms with Crippen molar-refractivity contribution in [3.63, 3.8) is 0 Å². The summed E-state index contributed by atoms with van der Waals surface area (Å²) in [6.07, 6.45) is 6.12. The zero-order chi connectivity index (χ0) is 51.6. The molecule has 6 atom stereocenters. The van der Waals surface area contributed by atoms with E-state index in [2.05, 4.69) is 174 Å². The summed E-state index contributed by atoms with van der Waals surface area (Å²) < 4.78 is 45.6. The third-order valence-electron chi connectivity index (χ3n) is 17.7. The van der Waals surface area contributed by atoms with E-state index in [1.165, 1.54) is 44.5 Å². The van der Waals surface area contributed by atoms with Gasteiger partial charge >= 0.3 is 0 Å². The largest absolute Gasteiger partial charge is 0.493 e. The highest BCUT2D eigenvalue weighted by Crippen LogP contribution is 2.66. The number of fused-ring (bicyclic) bond motifs is 5. The summed E-state index contributed by atoms with van der Waals surface area (Å²) in [6.45, 7) is 35.9. The van der Waals surface area contributed by atoms with Crippen LogP contribution in [0, 0.1) is 11.8 Å². The Kier molecular flexibility index (Phi) is 17.8. The normalized spacial score (nSPS) is 21.4. The van der Waals surface area contributed by atoms with Gasteiger partial charge in [-0.25, -0.2) is 0 Å². The SMILES string of the molecule is BC(C)(CC)c1cc(OCCC(C)(C)OCC(C)(CC)OC)c2c(c1)C1(CC(C(C)(C)OCCC(C)(C)OC)C(C(C)(C)OCC(C)(C)OC)C1)c1cc(-c3ccc(C(B)(CC)CN)cc3)ccc1-2. The maximum Gasteiger partial charge on any atom is 0.127 e. The number of nitrogens with two attached hydrogens (primary N) is 1. The fourth-order valence-electron chi connectivity index (χ4n) is 10.4. The van der Waals surface area contributed by atoms with E-state index in [1.54, 1.807) is 21.3 Å². The van der Waals surface area contributed by atoms with Crippen molar-refractivity contribution < 1.29 is 33.2 Å². The van der Waals surface area contributed by atoms with Gasteiger partial charge in [-0.1, -0.05) is 83.0 Å². The van der Waals surface area contributed by atoms with Gasteiger partial charge in [0.2, 0.25) is 0 Å². The lowest BCUT2D eigenvalue weighted by atomic mass is 9.62. The zero-order valence-corrected chi connectivity index (χ0v) is 47.3. The van der Waals surface area contributed by atoms with Crippen molar-refractivity contribution in [2.75, 3.05) is 54.3 Å². The van der Waals surface area contributed by atoms with E-state index in [0.29, 0.717) is 33.0 Å². The van der Waals surface area contributed by atoms with E-state index in [1.807, 2.05) is 0 Å². The van der Waals surface area contributed by atoms with E-state index in [-0.39, 0.29) is 39.1 Å². The number of benzene rings is 3. The van der Waals surface area contributed by atoms with Gasteiger partial charge in [-0.05, 0) is 182 Å². The third-order valence-corrected chi connectivity index (χ3v) is 17.7. The summed E-state index contributed by atoms with van der Waals surface area (Å²) in [7, 11) is 9.96. The first-order valence-corrected chi connectivity index (χ1v) is 26.3. The molecule has 0 amide bonds. The fraction of sp³-hybridized carbons (Fsp3) is 0.695. The Morgan fingerprint density at radius 1 is 0.580 bits per heavy atom. The molecule has 10 heteroatoms. The molecule has 3 aromatic rings. The quantitative estimate of drug-likeness (QED) is 0.0796. The van der Waals surface area contributed by atoms with Crippen molar-refractivity contribution in [2.45, 2.75) is 198 Å². The van der Waals surface area contributed by atoms with Crippen LogP contribution in [0.25, 0.3) is 22.3 Å². The molecule has 69 heavy (non-hydrogen) atoms. The summed E-state index contributed by atoms with van der Waals surface area (Å²) in [5, 5.41) is -0.166. The lowest BCUT2D eigenvalue weighted by molar-refractivity contribution is -0.157. The minimum absolute atomic E-state index is 0.0701. The molecule has 6 unspecified atom stereocenters. The lowest BCUT2D eigenvalue weighted by Gasteiger charge is -2.43. The van der Waals surface area contributed by atoms with Gasteiger partial charge in [-0.15, -0.1) is 0 Å². The Balaban J connectivity index is 1.74. The molecule has 2 N–H and O–H groups in total. The molecule has 8 nitrogen and oxygen atoms in total. The second-order valence-electron chi connectivity index (χ2n) is 25.0. The summed E-state index contributed by atoms with van der Waals surface area (Å²) >= 11 is 0. The van der Waals surface area contributed by atoms with Crippen LogP contribution in [-0.4, -0.2) is 104 Å². The summed E-state index contributed by atoms with van der Waals surface area (Å²) in [5.74, 6) is 1.19. The molecule has 1 saturated carbocycles. The molecule has 0 aliphatic heterocycles. The van der Waals surface area contributed by atoms with E-state index in [0.717, 1.165) is 50.7 Å². The van der Waals surface area contributed by atoms with E-state index in [4.69, 9.17) is 38.9 Å². The van der Waals surface area contributed by atoms with Crippen molar-refractivity contribution in [1.82, 2.24) is 0 Å². The highest BCUT2D eigenvalue weighted by molar-refractivity contribution is 6.16. The predicted octanol–water partition coefficient (Wildman–Crippen LogP) is 11.3. The first-order valence-electron chi connectivity index (χ1n) is 26.3. The van der Waals surface area contributed by atoms with Crippen LogP contribution in [-0.2, 0) is 44.5 Å². The zero-order valence-electron chi connectivity index (χ0n) is 47.3. The number of hydrogen-bond acceptors (Lipinski definition) is 8. The van der Waals surface area contributed by atoms with Crippen LogP contribution in [0.4, 0.5) is 0 Å². The monoisotopic (exact) mass is 952 g/mol. The second kappa shape index (κ2) is 21.4. The molecule has 1 fully saturated rings.